The number of hydrogen-bond acceptors (Lipinski definition) is 6. The van der Waals surface area contributed by atoms with E-state index < -0.39 is 29.9 Å². The highest BCUT2D eigenvalue weighted by Crippen LogP contribution is 2.40. The molecule has 4 rings (SSSR count). The van der Waals surface area contributed by atoms with E-state index in [0.717, 1.165) is 18.4 Å². The van der Waals surface area contributed by atoms with E-state index >= 15 is 0 Å². The molecule has 0 saturated carbocycles. The molecule has 178 valence electrons. The number of carbonyl (C=O) groups excluding carboxylic acids is 2. The lowest BCUT2D eigenvalue weighted by Crippen LogP contribution is -2.57. The fourth-order valence-corrected chi connectivity index (χ4v) is 4.50. The molecule has 2 aliphatic rings. The number of likely N-dealkylation sites (tertiary alicyclic amines) is 1. The molecule has 8 nitrogen and oxygen atoms in total. The number of carbonyl (C=O) groups is 2. The van der Waals surface area contributed by atoms with Gasteiger partial charge in [-0.1, -0.05) is 30.3 Å². The average Bonchev–Trinajstić information content (AvgIpc) is 2.85. The molecular weight excluding hydrogens is 434 g/mol. The summed E-state index contributed by atoms with van der Waals surface area (Å²) >= 11 is 0. The van der Waals surface area contributed by atoms with Gasteiger partial charge in [0.2, 0.25) is 5.91 Å². The van der Waals surface area contributed by atoms with Crippen LogP contribution >= 0.6 is 0 Å². The van der Waals surface area contributed by atoms with Gasteiger partial charge in [0.05, 0.1) is 17.7 Å². The zero-order chi connectivity index (χ0) is 24.3. The smallest absolute Gasteiger partial charge is 0.410 e. The predicted octanol–water partition coefficient (Wildman–Crippen LogP) is 3.44. The number of nitriles is 1. The number of benzene rings is 2. The lowest BCUT2D eigenvalue weighted by molar-refractivity contribution is -0.131. The Balaban J connectivity index is 1.52. The largest absolute Gasteiger partial charge is 0.485 e. The molecule has 2 aliphatic heterocycles. The van der Waals surface area contributed by atoms with Gasteiger partial charge in [-0.15, -0.1) is 0 Å². The van der Waals surface area contributed by atoms with E-state index in [1.165, 1.54) is 4.90 Å². The monoisotopic (exact) mass is 463 g/mol. The second kappa shape index (κ2) is 9.74. The molecule has 0 aliphatic carbocycles. The number of hydrogen-bond donors (Lipinski definition) is 2. The molecule has 8 heteroatoms. The number of rotatable bonds is 4. The average molecular weight is 464 g/mol. The highest BCUT2D eigenvalue weighted by Gasteiger charge is 2.45. The predicted molar refractivity (Wildman–Crippen MR) is 124 cm³/mol. The Hall–Kier alpha value is -3.57. The minimum absolute atomic E-state index is 0.127. The van der Waals surface area contributed by atoms with E-state index in [1.54, 1.807) is 32.0 Å². The number of ether oxygens (including phenoxy) is 2. The summed E-state index contributed by atoms with van der Waals surface area (Å²) in [5.74, 6) is 0.133. The van der Waals surface area contributed by atoms with Gasteiger partial charge in [0.1, 0.15) is 30.1 Å². The normalized spacial score (nSPS) is 23.1. The molecule has 2 heterocycles. The molecule has 1 saturated heterocycles. The fourth-order valence-electron chi connectivity index (χ4n) is 4.50. The molecule has 0 radical (unpaired) electrons. The Morgan fingerprint density at radius 1 is 1.24 bits per heavy atom. The summed E-state index contributed by atoms with van der Waals surface area (Å²) in [4.78, 5) is 27.7. The first-order valence-corrected chi connectivity index (χ1v) is 11.5. The highest BCUT2D eigenvalue weighted by molar-refractivity contribution is 5.86. The first-order valence-electron chi connectivity index (χ1n) is 11.5. The number of nitrogens with one attached hydrogen (secondary N) is 1. The van der Waals surface area contributed by atoms with Gasteiger partial charge < -0.3 is 19.9 Å². The summed E-state index contributed by atoms with van der Waals surface area (Å²) in [6, 6.07) is 14.9. The van der Waals surface area contributed by atoms with Crippen molar-refractivity contribution in [2.75, 3.05) is 6.54 Å². The second-order valence-corrected chi connectivity index (χ2v) is 9.25. The van der Waals surface area contributed by atoms with Gasteiger partial charge in [0.25, 0.3) is 0 Å². The topological polar surface area (TPSA) is 112 Å². The zero-order valence-electron chi connectivity index (χ0n) is 19.4. The van der Waals surface area contributed by atoms with Crippen LogP contribution in [0.4, 0.5) is 4.79 Å². The van der Waals surface area contributed by atoms with Crippen molar-refractivity contribution in [3.63, 3.8) is 0 Å². The van der Waals surface area contributed by atoms with E-state index in [-0.39, 0.29) is 12.5 Å². The van der Waals surface area contributed by atoms with Crippen molar-refractivity contribution in [2.45, 2.75) is 63.5 Å². The fraction of sp³-hybridized carbons (Fsp3) is 0.423. The van der Waals surface area contributed by atoms with Crippen LogP contribution in [0.15, 0.2) is 48.5 Å². The van der Waals surface area contributed by atoms with Crippen LogP contribution < -0.4 is 10.1 Å². The van der Waals surface area contributed by atoms with Gasteiger partial charge in [-0.3, -0.25) is 9.69 Å². The van der Waals surface area contributed by atoms with Crippen LogP contribution in [-0.4, -0.2) is 46.3 Å². The lowest BCUT2D eigenvalue weighted by atomic mass is 9.85. The molecule has 0 spiro atoms. The minimum Gasteiger partial charge on any atom is -0.485 e. The van der Waals surface area contributed by atoms with Crippen LogP contribution in [0, 0.1) is 11.3 Å². The summed E-state index contributed by atoms with van der Waals surface area (Å²) in [7, 11) is 0. The molecule has 1 unspecified atom stereocenters. The number of aliphatic hydroxyl groups excluding tert-OH is 1. The van der Waals surface area contributed by atoms with Gasteiger partial charge in [-0.2, -0.15) is 5.26 Å². The molecule has 2 aromatic carbocycles. The third-order valence-electron chi connectivity index (χ3n) is 6.42. The summed E-state index contributed by atoms with van der Waals surface area (Å²) in [6.45, 7) is 4.03. The van der Waals surface area contributed by atoms with Crippen molar-refractivity contribution in [3.05, 3.63) is 65.2 Å². The van der Waals surface area contributed by atoms with Crippen LogP contribution in [0.2, 0.25) is 0 Å². The van der Waals surface area contributed by atoms with Gasteiger partial charge in [-0.25, -0.2) is 4.79 Å². The van der Waals surface area contributed by atoms with Crippen LogP contribution in [0.1, 0.15) is 55.8 Å². The van der Waals surface area contributed by atoms with Crippen LogP contribution in [-0.2, 0) is 16.1 Å². The van der Waals surface area contributed by atoms with Crippen molar-refractivity contribution in [1.82, 2.24) is 10.2 Å². The van der Waals surface area contributed by atoms with Gasteiger partial charge in [0, 0.05) is 12.1 Å². The molecule has 1 fully saturated rings. The number of fused-ring (bicyclic) bond motifs is 1. The highest BCUT2D eigenvalue weighted by atomic mass is 16.6. The summed E-state index contributed by atoms with van der Waals surface area (Å²) < 4.78 is 11.4. The molecule has 3 atom stereocenters. The van der Waals surface area contributed by atoms with Crippen molar-refractivity contribution in [3.8, 4) is 11.8 Å². The van der Waals surface area contributed by atoms with E-state index in [2.05, 4.69) is 11.4 Å². The Labute approximate surface area is 199 Å². The summed E-state index contributed by atoms with van der Waals surface area (Å²) in [6.07, 6.45) is 0.493. The summed E-state index contributed by atoms with van der Waals surface area (Å²) in [5, 5.41) is 23.3. The molecule has 2 amide bonds. The Kier molecular flexibility index (Phi) is 6.75. The maximum absolute atomic E-state index is 13.4. The maximum Gasteiger partial charge on any atom is 0.410 e. The van der Waals surface area contributed by atoms with Crippen molar-refractivity contribution in [2.24, 2.45) is 0 Å². The molecular formula is C26H29N3O5. The van der Waals surface area contributed by atoms with Crippen molar-refractivity contribution < 1.29 is 24.2 Å². The van der Waals surface area contributed by atoms with E-state index in [0.29, 0.717) is 29.8 Å². The Morgan fingerprint density at radius 3 is 2.74 bits per heavy atom. The van der Waals surface area contributed by atoms with Gasteiger partial charge in [-0.05, 0) is 56.9 Å². The van der Waals surface area contributed by atoms with Gasteiger partial charge >= 0.3 is 6.09 Å². The molecule has 2 aromatic rings. The number of amides is 2. The molecule has 34 heavy (non-hydrogen) atoms. The first-order chi connectivity index (χ1) is 16.3. The van der Waals surface area contributed by atoms with E-state index in [1.807, 2.05) is 30.3 Å². The minimum atomic E-state index is -1.06. The number of piperidine rings is 1. The van der Waals surface area contributed by atoms with E-state index in [9.17, 15) is 20.0 Å². The molecule has 0 aromatic heterocycles. The van der Waals surface area contributed by atoms with E-state index in [4.69, 9.17) is 9.47 Å². The van der Waals surface area contributed by atoms with Crippen molar-refractivity contribution >= 4 is 12.0 Å². The first kappa shape index (κ1) is 23.6. The third kappa shape index (κ3) is 4.85. The number of nitrogens with zero attached hydrogens (tertiary/aromatic N) is 2. The zero-order valence-corrected chi connectivity index (χ0v) is 19.4. The lowest BCUT2D eigenvalue weighted by Gasteiger charge is -2.43. The van der Waals surface area contributed by atoms with Crippen LogP contribution in [0.5, 0.6) is 5.75 Å². The standard InChI is InChI=1S/C26H29N3O5/c1-26(2)23(30)22(19-14-18(15-27)11-12-21(19)34-26)28-24(31)20-10-6-7-13-29(20)25(32)33-16-17-8-4-3-5-9-17/h3-5,8-9,11-12,14,20,22-23,30H,6-7,10,13,16H2,1-2H3,(H,28,31)/t20?,22-,23+/m1/s1. The van der Waals surface area contributed by atoms with Crippen LogP contribution in [0.3, 0.4) is 0 Å². The number of aliphatic hydroxyl groups is 1. The SMILES string of the molecule is CC1(C)Oc2ccc(C#N)cc2[C@@H](NC(=O)C2CCCCN2C(=O)OCc2ccccc2)[C@@H]1O. The quantitative estimate of drug-likeness (QED) is 0.718. The molecule has 0 bridgehead atoms. The Bertz CT molecular complexity index is 1100. The maximum atomic E-state index is 13.4. The molecule has 2 N–H and O–H groups in total. The Morgan fingerprint density at radius 2 is 2.00 bits per heavy atom. The van der Waals surface area contributed by atoms with Crippen molar-refractivity contribution in [1.29, 1.82) is 5.26 Å². The van der Waals surface area contributed by atoms with Crippen LogP contribution in [0.25, 0.3) is 0 Å². The third-order valence-corrected chi connectivity index (χ3v) is 6.42. The second-order valence-electron chi connectivity index (χ2n) is 9.25. The van der Waals surface area contributed by atoms with Gasteiger partial charge in [0.15, 0.2) is 0 Å². The summed E-state index contributed by atoms with van der Waals surface area (Å²) in [5.41, 5.74) is 0.844.